The van der Waals surface area contributed by atoms with E-state index in [1.165, 1.54) is 0 Å². The summed E-state index contributed by atoms with van der Waals surface area (Å²) >= 11 is 0. The van der Waals surface area contributed by atoms with Crippen LogP contribution in [-0.2, 0) is 33.8 Å². The smallest absolute Gasteiger partial charge is 0.0388 e. The quantitative estimate of drug-likeness (QED) is 0.372. The van der Waals surface area contributed by atoms with Crippen LogP contribution in [0.3, 0.4) is 0 Å². The van der Waals surface area contributed by atoms with Crippen LogP contribution < -0.4 is 0 Å². The van der Waals surface area contributed by atoms with Gasteiger partial charge in [0.2, 0.25) is 0 Å². The second kappa shape index (κ2) is 27.6. The van der Waals surface area contributed by atoms with Crippen LogP contribution in [0, 0.1) is 0 Å². The van der Waals surface area contributed by atoms with Crippen molar-refractivity contribution < 1.29 is 33.8 Å². The summed E-state index contributed by atoms with van der Waals surface area (Å²) in [6, 6.07) is 0. The first kappa shape index (κ1) is 18.5. The van der Waals surface area contributed by atoms with E-state index in [1.807, 2.05) is 0 Å². The SMILES string of the molecule is [B][SiH3].[Co].[Fe]. The van der Waals surface area contributed by atoms with E-state index in [9.17, 15) is 0 Å². The fourth-order valence-electron chi connectivity index (χ4n) is 0. The van der Waals surface area contributed by atoms with Crippen molar-refractivity contribution in [2.24, 2.45) is 0 Å². The molecule has 0 heterocycles. The van der Waals surface area contributed by atoms with E-state index in [4.69, 9.17) is 0 Å². The third-order valence-corrected chi connectivity index (χ3v) is 0. The molecule has 4 heteroatoms. The molecule has 27 valence electrons. The molecule has 0 atom stereocenters. The van der Waals surface area contributed by atoms with Gasteiger partial charge in [-0.15, -0.1) is 0 Å². The Bertz CT molecular complexity index is 8.00. The molecule has 0 saturated carbocycles. The van der Waals surface area contributed by atoms with Crippen molar-refractivity contribution in [1.29, 1.82) is 0 Å². The van der Waals surface area contributed by atoms with Gasteiger partial charge in [-0.1, -0.05) is 0 Å². The van der Waals surface area contributed by atoms with Crippen LogP contribution in [0.2, 0.25) is 0 Å². The maximum atomic E-state index is 4.64. The van der Waals surface area contributed by atoms with E-state index in [2.05, 4.69) is 7.44 Å². The van der Waals surface area contributed by atoms with Gasteiger partial charge in [0.1, 0.15) is 0 Å². The Labute approximate surface area is 51.6 Å². The van der Waals surface area contributed by atoms with Crippen molar-refractivity contribution >= 4 is 17.6 Å². The van der Waals surface area contributed by atoms with Gasteiger partial charge in [0.25, 0.3) is 0 Å². The Morgan fingerprint density at radius 3 is 1.25 bits per heavy atom. The predicted octanol–water partition coefficient (Wildman–Crippen LogP) is -1.57. The van der Waals surface area contributed by atoms with E-state index < -0.39 is 0 Å². The second-order valence-electron chi connectivity index (χ2n) is 0. The molecule has 0 nitrogen and oxygen atoms in total. The molecule has 0 aliphatic carbocycles. The van der Waals surface area contributed by atoms with E-state index in [0.29, 0.717) is 0 Å². The van der Waals surface area contributed by atoms with Gasteiger partial charge >= 0.3 is 0 Å². The fraction of sp³-hybridized carbons (Fsp3) is 0. The van der Waals surface area contributed by atoms with E-state index in [1.54, 1.807) is 0 Å². The third-order valence-electron chi connectivity index (χ3n) is 0. The molecule has 0 fully saturated rings. The van der Waals surface area contributed by atoms with Crippen molar-refractivity contribution in [3.8, 4) is 0 Å². The topological polar surface area (TPSA) is 0 Å². The van der Waals surface area contributed by atoms with Crippen molar-refractivity contribution in [2.75, 3.05) is 0 Å². The summed E-state index contributed by atoms with van der Waals surface area (Å²) in [5.41, 5.74) is 0. The first-order valence-electron chi connectivity index (χ1n) is 0.577. The van der Waals surface area contributed by atoms with Gasteiger partial charge in [-0.2, -0.15) is 0 Å². The second-order valence-corrected chi connectivity index (χ2v) is 0. The van der Waals surface area contributed by atoms with Gasteiger partial charge in [0, 0.05) is 41.3 Å². The molecule has 0 aromatic rings. The van der Waals surface area contributed by atoms with Gasteiger partial charge in [0.05, 0.1) is 0 Å². The van der Waals surface area contributed by atoms with Gasteiger partial charge in [-0.05, 0) is 10.1 Å². The number of hydrogen-bond donors (Lipinski definition) is 0. The van der Waals surface area contributed by atoms with Crippen LogP contribution in [0.25, 0.3) is 0 Å². The molecule has 4 heavy (non-hydrogen) atoms. The monoisotopic (exact) mass is 157 g/mol. The minimum absolute atomic E-state index is 0. The van der Waals surface area contributed by atoms with Crippen LogP contribution in [0.1, 0.15) is 0 Å². The molecule has 0 saturated heterocycles. The molecule has 0 amide bonds. The summed E-state index contributed by atoms with van der Waals surface area (Å²) in [5.74, 6) is 0. The molecule has 0 aromatic carbocycles. The average molecular weight is 157 g/mol. The normalized spacial score (nSPS) is 2.00. The Hall–Kier alpha value is 1.31. The van der Waals surface area contributed by atoms with Crippen molar-refractivity contribution in [1.82, 2.24) is 0 Å². The van der Waals surface area contributed by atoms with Crippen LogP contribution in [-0.4, -0.2) is 17.6 Å². The van der Waals surface area contributed by atoms with Crippen LogP contribution in [0.4, 0.5) is 0 Å². The predicted molar refractivity (Wildman–Crippen MR) is 15.7 cm³/mol. The third kappa shape index (κ3) is 10.3. The fourth-order valence-corrected chi connectivity index (χ4v) is 0. The summed E-state index contributed by atoms with van der Waals surface area (Å²) in [4.78, 5) is 0. The molecule has 0 aliphatic heterocycles. The molecular formula is H3BCoFeSi. The van der Waals surface area contributed by atoms with Crippen molar-refractivity contribution in [3.63, 3.8) is 0 Å². The molecule has 0 aliphatic rings. The summed E-state index contributed by atoms with van der Waals surface area (Å²) < 4.78 is 0. The largest absolute Gasteiger partial charge is 0.0434 e. The molecule has 3 radical (unpaired) electrons. The van der Waals surface area contributed by atoms with Gasteiger partial charge in [-0.3, -0.25) is 0 Å². The first-order chi connectivity index (χ1) is 1.00. The maximum Gasteiger partial charge on any atom is 0.0434 e. The molecule has 0 aromatic heterocycles. The summed E-state index contributed by atoms with van der Waals surface area (Å²) in [6.07, 6.45) is 0. The van der Waals surface area contributed by atoms with E-state index >= 15 is 0 Å². The number of hydrogen-bond acceptors (Lipinski definition) is 0. The summed E-state index contributed by atoms with van der Waals surface area (Å²) in [6.45, 7) is 0. The van der Waals surface area contributed by atoms with Crippen molar-refractivity contribution in [3.05, 3.63) is 0 Å². The zero-order valence-corrected chi connectivity index (χ0v) is 6.41. The summed E-state index contributed by atoms with van der Waals surface area (Å²) in [5, 5.41) is 0. The summed E-state index contributed by atoms with van der Waals surface area (Å²) in [7, 11) is 5.44. The van der Waals surface area contributed by atoms with Gasteiger partial charge in [0.15, 0.2) is 0 Å². The van der Waals surface area contributed by atoms with Crippen LogP contribution >= 0.6 is 0 Å². The molecule has 0 N–H and O–H groups in total. The minimum Gasteiger partial charge on any atom is -0.0388 e. The van der Waals surface area contributed by atoms with Gasteiger partial charge < -0.3 is 0 Å². The Morgan fingerprint density at radius 1 is 1.25 bits per heavy atom. The Morgan fingerprint density at radius 2 is 1.25 bits per heavy atom. The Balaban J connectivity index is -0.00000000500. The van der Waals surface area contributed by atoms with Crippen molar-refractivity contribution in [2.45, 2.75) is 0 Å². The van der Waals surface area contributed by atoms with Crippen LogP contribution in [0.5, 0.6) is 0 Å². The Kier molecular flexibility index (Phi) is 127. The first-order valence-corrected chi connectivity index (χ1v) is 1.73. The molecule has 0 unspecified atom stereocenters. The number of rotatable bonds is 0. The average Bonchev–Trinajstić information content (AvgIpc) is 1.00. The molecule has 0 bridgehead atoms. The minimum atomic E-state index is 0. The van der Waals surface area contributed by atoms with E-state index in [-0.39, 0.29) is 33.8 Å². The molecule has 0 spiro atoms. The van der Waals surface area contributed by atoms with E-state index in [0.717, 1.165) is 10.1 Å². The van der Waals surface area contributed by atoms with Gasteiger partial charge in [-0.25, -0.2) is 0 Å². The standard InChI is InChI=1S/BH3Si.Co.Fe/c1-2;;/h2H3;;. The maximum absolute atomic E-state index is 4.64. The molecular weight excluding hydrogens is 154 g/mol. The zero-order valence-electron chi connectivity index (χ0n) is 2.26. The van der Waals surface area contributed by atoms with Crippen LogP contribution in [0.15, 0.2) is 0 Å². The molecule has 0 rings (SSSR count). The zero-order chi connectivity index (χ0) is 2.00.